The summed E-state index contributed by atoms with van der Waals surface area (Å²) in [6.45, 7) is 5.96. The fourth-order valence-electron chi connectivity index (χ4n) is 3.78. The molecule has 30 heavy (non-hydrogen) atoms. The summed E-state index contributed by atoms with van der Waals surface area (Å²) in [5.74, 6) is 0.928. The van der Waals surface area contributed by atoms with Gasteiger partial charge in [-0.15, -0.1) is 0 Å². The van der Waals surface area contributed by atoms with E-state index < -0.39 is 0 Å². The number of carbonyl (C=O) groups excluding carboxylic acids is 2. The quantitative estimate of drug-likeness (QED) is 0.714. The molecule has 1 N–H and O–H groups in total. The van der Waals surface area contributed by atoms with Gasteiger partial charge in [-0.05, 0) is 69.4 Å². The van der Waals surface area contributed by atoms with Crippen molar-refractivity contribution in [2.24, 2.45) is 0 Å². The van der Waals surface area contributed by atoms with E-state index >= 15 is 0 Å². The van der Waals surface area contributed by atoms with E-state index in [1.54, 1.807) is 0 Å². The van der Waals surface area contributed by atoms with Gasteiger partial charge in [0.05, 0.1) is 6.61 Å². The molecule has 0 unspecified atom stereocenters. The highest BCUT2D eigenvalue weighted by Gasteiger charge is 2.24. The van der Waals surface area contributed by atoms with E-state index in [2.05, 4.69) is 36.5 Å². The molecule has 0 saturated carbocycles. The lowest BCUT2D eigenvalue weighted by Crippen LogP contribution is -2.46. The van der Waals surface area contributed by atoms with Crippen molar-refractivity contribution in [3.63, 3.8) is 0 Å². The smallest absolute Gasteiger partial charge is 0.253 e. The number of aryl methyl sites for hydroxylation is 2. The molecule has 0 atom stereocenters. The Morgan fingerprint density at radius 1 is 1.03 bits per heavy atom. The average Bonchev–Trinajstić information content (AvgIpc) is 2.76. The highest BCUT2D eigenvalue weighted by atomic mass is 16.5. The molecule has 0 aliphatic carbocycles. The molecule has 1 saturated heterocycles. The molecule has 1 fully saturated rings. The molecule has 2 aromatic carbocycles. The number of hydrogen-bond donors (Lipinski definition) is 1. The van der Waals surface area contributed by atoms with Gasteiger partial charge in [-0.3, -0.25) is 9.59 Å². The molecule has 0 aromatic heterocycles. The summed E-state index contributed by atoms with van der Waals surface area (Å²) in [6, 6.07) is 15.9. The molecule has 0 spiro atoms. The van der Waals surface area contributed by atoms with Crippen LogP contribution in [0.5, 0.6) is 5.75 Å². The van der Waals surface area contributed by atoms with Crippen LogP contribution >= 0.6 is 0 Å². The van der Waals surface area contributed by atoms with Crippen LogP contribution in [-0.4, -0.2) is 42.5 Å². The second kappa shape index (κ2) is 10.8. The monoisotopic (exact) mass is 408 g/mol. The summed E-state index contributed by atoms with van der Waals surface area (Å²) >= 11 is 0. The van der Waals surface area contributed by atoms with Gasteiger partial charge in [-0.1, -0.05) is 29.8 Å². The predicted molar refractivity (Wildman–Crippen MR) is 119 cm³/mol. The lowest BCUT2D eigenvalue weighted by Gasteiger charge is -2.32. The van der Waals surface area contributed by atoms with E-state index in [4.69, 9.17) is 4.74 Å². The Hall–Kier alpha value is -2.82. The molecule has 5 heteroatoms. The topological polar surface area (TPSA) is 58.6 Å². The first-order valence-electron chi connectivity index (χ1n) is 10.9. The highest BCUT2D eigenvalue weighted by Crippen LogP contribution is 2.17. The van der Waals surface area contributed by atoms with E-state index in [0.29, 0.717) is 31.7 Å². The van der Waals surface area contributed by atoms with Crippen molar-refractivity contribution in [1.82, 2.24) is 10.2 Å². The molecule has 160 valence electrons. The third-order valence-electron chi connectivity index (χ3n) is 5.55. The van der Waals surface area contributed by atoms with Gasteiger partial charge >= 0.3 is 0 Å². The molecule has 0 bridgehead atoms. The van der Waals surface area contributed by atoms with Crippen molar-refractivity contribution >= 4 is 11.8 Å². The van der Waals surface area contributed by atoms with Crippen molar-refractivity contribution in [3.05, 3.63) is 65.2 Å². The van der Waals surface area contributed by atoms with Crippen molar-refractivity contribution in [1.29, 1.82) is 0 Å². The molecular weight excluding hydrogens is 376 g/mol. The first-order chi connectivity index (χ1) is 14.5. The Morgan fingerprint density at radius 2 is 1.70 bits per heavy atom. The third kappa shape index (κ3) is 6.34. The minimum Gasteiger partial charge on any atom is -0.494 e. The average molecular weight is 409 g/mol. The number of carbonyl (C=O) groups is 2. The molecule has 3 rings (SSSR count). The van der Waals surface area contributed by atoms with Crippen molar-refractivity contribution in [2.45, 2.75) is 52.0 Å². The summed E-state index contributed by atoms with van der Waals surface area (Å²) in [4.78, 5) is 26.8. The number of rotatable bonds is 8. The Kier molecular flexibility index (Phi) is 7.89. The van der Waals surface area contributed by atoms with E-state index in [1.807, 2.05) is 36.1 Å². The van der Waals surface area contributed by atoms with Gasteiger partial charge in [0.1, 0.15) is 5.75 Å². The van der Waals surface area contributed by atoms with Crippen LogP contribution in [0, 0.1) is 6.92 Å². The molecule has 1 heterocycles. The maximum atomic E-state index is 12.7. The largest absolute Gasteiger partial charge is 0.494 e. The molecule has 2 amide bonds. The standard InChI is InChI=1S/C25H32N2O3/c1-3-30-23-13-11-21(12-14-23)25(29)27-17-15-22(16-18-27)26-24(28)6-4-5-20-9-7-19(2)8-10-20/h7-14,22H,3-6,15-18H2,1-2H3,(H,26,28). The SMILES string of the molecule is CCOc1ccc(C(=O)N2CCC(NC(=O)CCCc3ccc(C)cc3)CC2)cc1. The predicted octanol–water partition coefficient (Wildman–Crippen LogP) is 4.14. The van der Waals surface area contributed by atoms with E-state index in [1.165, 1.54) is 11.1 Å². The molecule has 5 nitrogen and oxygen atoms in total. The van der Waals surface area contributed by atoms with Gasteiger partial charge in [0.15, 0.2) is 0 Å². The van der Waals surface area contributed by atoms with Gasteiger partial charge in [0.25, 0.3) is 5.91 Å². The summed E-state index contributed by atoms with van der Waals surface area (Å²) in [5, 5.41) is 3.14. The van der Waals surface area contributed by atoms with Gasteiger partial charge in [0, 0.05) is 31.1 Å². The van der Waals surface area contributed by atoms with Crippen LogP contribution in [0.3, 0.4) is 0 Å². The van der Waals surface area contributed by atoms with Gasteiger partial charge < -0.3 is 15.0 Å². The summed E-state index contributed by atoms with van der Waals surface area (Å²) in [6.07, 6.45) is 3.91. The van der Waals surface area contributed by atoms with E-state index in [9.17, 15) is 9.59 Å². The Bertz CT molecular complexity index is 822. The first kappa shape index (κ1) is 21.9. The Labute approximate surface area is 179 Å². The normalized spacial score (nSPS) is 14.4. The number of ether oxygens (including phenoxy) is 1. The Balaban J connectivity index is 1.37. The Morgan fingerprint density at radius 3 is 2.33 bits per heavy atom. The highest BCUT2D eigenvalue weighted by molar-refractivity contribution is 5.94. The number of benzene rings is 2. The maximum absolute atomic E-state index is 12.7. The van der Waals surface area contributed by atoms with Crippen LogP contribution in [0.2, 0.25) is 0 Å². The number of nitrogens with one attached hydrogen (secondary N) is 1. The second-order valence-corrected chi connectivity index (χ2v) is 7.93. The van der Waals surface area contributed by atoms with Gasteiger partial charge in [-0.2, -0.15) is 0 Å². The zero-order chi connectivity index (χ0) is 21.3. The molecule has 1 aliphatic heterocycles. The number of hydrogen-bond acceptors (Lipinski definition) is 3. The van der Waals surface area contributed by atoms with Crippen LogP contribution in [0.4, 0.5) is 0 Å². The summed E-state index contributed by atoms with van der Waals surface area (Å²) in [7, 11) is 0. The summed E-state index contributed by atoms with van der Waals surface area (Å²) < 4.78 is 5.43. The van der Waals surface area contributed by atoms with E-state index in [-0.39, 0.29) is 17.9 Å². The van der Waals surface area contributed by atoms with Gasteiger partial charge in [0.2, 0.25) is 5.91 Å². The summed E-state index contributed by atoms with van der Waals surface area (Å²) in [5.41, 5.74) is 3.20. The molecule has 1 aliphatic rings. The fourth-order valence-corrected chi connectivity index (χ4v) is 3.78. The van der Waals surface area contributed by atoms with Crippen LogP contribution < -0.4 is 10.1 Å². The van der Waals surface area contributed by atoms with Crippen LogP contribution in [0.1, 0.15) is 54.1 Å². The fraction of sp³-hybridized carbons (Fsp3) is 0.440. The second-order valence-electron chi connectivity index (χ2n) is 7.93. The molecular formula is C25H32N2O3. The van der Waals surface area contributed by atoms with Crippen LogP contribution in [0.25, 0.3) is 0 Å². The minimum atomic E-state index is 0.0425. The number of nitrogens with zero attached hydrogens (tertiary/aromatic N) is 1. The zero-order valence-corrected chi connectivity index (χ0v) is 18.0. The molecule has 0 radical (unpaired) electrons. The number of likely N-dealkylation sites (tertiary alicyclic amines) is 1. The minimum absolute atomic E-state index is 0.0425. The van der Waals surface area contributed by atoms with Crippen molar-refractivity contribution in [2.75, 3.05) is 19.7 Å². The van der Waals surface area contributed by atoms with Gasteiger partial charge in [-0.25, -0.2) is 0 Å². The van der Waals surface area contributed by atoms with Crippen LogP contribution in [-0.2, 0) is 11.2 Å². The number of piperidine rings is 1. The van der Waals surface area contributed by atoms with Crippen LogP contribution in [0.15, 0.2) is 48.5 Å². The van der Waals surface area contributed by atoms with E-state index in [0.717, 1.165) is 31.4 Å². The third-order valence-corrected chi connectivity index (χ3v) is 5.55. The number of amides is 2. The van der Waals surface area contributed by atoms with Crippen molar-refractivity contribution in [3.8, 4) is 5.75 Å². The molecule has 2 aromatic rings. The lowest BCUT2D eigenvalue weighted by molar-refractivity contribution is -0.122. The maximum Gasteiger partial charge on any atom is 0.253 e. The lowest BCUT2D eigenvalue weighted by atomic mass is 10.0. The zero-order valence-electron chi connectivity index (χ0n) is 18.0. The van der Waals surface area contributed by atoms with Crippen molar-refractivity contribution < 1.29 is 14.3 Å². The first-order valence-corrected chi connectivity index (χ1v) is 10.9.